The Morgan fingerprint density at radius 3 is 2.50 bits per heavy atom. The van der Waals surface area contributed by atoms with Crippen LogP contribution in [0.3, 0.4) is 0 Å². The van der Waals surface area contributed by atoms with Gasteiger partial charge in [-0.2, -0.15) is 5.10 Å². The van der Waals surface area contributed by atoms with Crippen LogP contribution < -0.4 is 10.7 Å². The van der Waals surface area contributed by atoms with Crippen molar-refractivity contribution in [2.45, 2.75) is 12.6 Å². The van der Waals surface area contributed by atoms with E-state index in [0.717, 1.165) is 5.56 Å². The standard InChI is InChI=1S/C18H18FN3O4/c19-15-8-6-13(7-9-15)10-20-22-17(24)16(11-23)21-18(25)26-12-14-4-2-1-3-5-14/h1-10,16,23H,11-12H2,(H,21,25)(H,22,24)/b20-10-/t16-/m0/s1. The number of aliphatic hydroxyl groups is 1. The Balaban J connectivity index is 1.79. The quantitative estimate of drug-likeness (QED) is 0.516. The third-order valence-electron chi connectivity index (χ3n) is 3.26. The summed E-state index contributed by atoms with van der Waals surface area (Å²) in [5.41, 5.74) is 3.54. The number of nitrogens with one attached hydrogen (secondary N) is 2. The van der Waals surface area contributed by atoms with Crippen LogP contribution in [0.15, 0.2) is 59.7 Å². The van der Waals surface area contributed by atoms with Crippen LogP contribution in [0.4, 0.5) is 9.18 Å². The van der Waals surface area contributed by atoms with E-state index in [1.807, 2.05) is 6.07 Å². The fourth-order valence-electron chi connectivity index (χ4n) is 1.90. The maximum Gasteiger partial charge on any atom is 0.408 e. The first-order valence-corrected chi connectivity index (χ1v) is 7.75. The number of hydrogen-bond donors (Lipinski definition) is 3. The van der Waals surface area contributed by atoms with Crippen molar-refractivity contribution in [2.24, 2.45) is 5.10 Å². The second-order valence-corrected chi connectivity index (χ2v) is 5.23. The van der Waals surface area contributed by atoms with Gasteiger partial charge in [0.15, 0.2) is 0 Å². The zero-order valence-electron chi connectivity index (χ0n) is 13.8. The highest BCUT2D eigenvalue weighted by Crippen LogP contribution is 2.01. The van der Waals surface area contributed by atoms with Gasteiger partial charge in [-0.25, -0.2) is 14.6 Å². The topological polar surface area (TPSA) is 100 Å². The van der Waals surface area contributed by atoms with Crippen LogP contribution in [0.5, 0.6) is 0 Å². The maximum atomic E-state index is 12.8. The SMILES string of the molecule is O=C(N[C@@H](CO)C(=O)N/N=C\c1ccc(F)cc1)OCc1ccccc1. The molecule has 2 aromatic rings. The molecular weight excluding hydrogens is 341 g/mol. The van der Waals surface area contributed by atoms with Gasteiger partial charge in [-0.3, -0.25) is 4.79 Å². The number of nitrogens with zero attached hydrogens (tertiary/aromatic N) is 1. The highest BCUT2D eigenvalue weighted by atomic mass is 19.1. The smallest absolute Gasteiger partial charge is 0.408 e. The molecule has 0 spiro atoms. The molecule has 2 rings (SSSR count). The molecule has 136 valence electrons. The van der Waals surface area contributed by atoms with Crippen LogP contribution in [0.1, 0.15) is 11.1 Å². The summed E-state index contributed by atoms with van der Waals surface area (Å²) < 4.78 is 17.8. The van der Waals surface area contributed by atoms with Crippen molar-refractivity contribution in [1.29, 1.82) is 0 Å². The van der Waals surface area contributed by atoms with Crippen LogP contribution in [0.2, 0.25) is 0 Å². The summed E-state index contributed by atoms with van der Waals surface area (Å²) in [5, 5.41) is 15.2. The van der Waals surface area contributed by atoms with Crippen LogP contribution >= 0.6 is 0 Å². The van der Waals surface area contributed by atoms with E-state index in [1.54, 1.807) is 24.3 Å². The minimum Gasteiger partial charge on any atom is -0.445 e. The minimum absolute atomic E-state index is 0.0369. The number of hydrazone groups is 1. The van der Waals surface area contributed by atoms with Gasteiger partial charge >= 0.3 is 6.09 Å². The monoisotopic (exact) mass is 359 g/mol. The van der Waals surface area contributed by atoms with E-state index in [1.165, 1.54) is 30.5 Å². The van der Waals surface area contributed by atoms with Gasteiger partial charge in [0.25, 0.3) is 5.91 Å². The van der Waals surface area contributed by atoms with Crippen LogP contribution in [-0.2, 0) is 16.1 Å². The first-order chi connectivity index (χ1) is 12.6. The molecule has 0 aliphatic heterocycles. The molecular formula is C18H18FN3O4. The number of amides is 2. The van der Waals surface area contributed by atoms with Crippen molar-refractivity contribution >= 4 is 18.2 Å². The fraction of sp³-hybridized carbons (Fsp3) is 0.167. The Labute approximate surface area is 149 Å². The number of benzene rings is 2. The number of carbonyl (C=O) groups is 2. The van der Waals surface area contributed by atoms with E-state index in [-0.39, 0.29) is 12.4 Å². The van der Waals surface area contributed by atoms with Gasteiger partial charge in [0.2, 0.25) is 0 Å². The van der Waals surface area contributed by atoms with E-state index in [9.17, 15) is 19.1 Å². The lowest BCUT2D eigenvalue weighted by molar-refractivity contribution is -0.123. The molecule has 3 N–H and O–H groups in total. The predicted molar refractivity (Wildman–Crippen MR) is 92.8 cm³/mol. The highest BCUT2D eigenvalue weighted by Gasteiger charge is 2.20. The van der Waals surface area contributed by atoms with E-state index < -0.39 is 24.6 Å². The zero-order valence-corrected chi connectivity index (χ0v) is 13.8. The first kappa shape index (κ1) is 19.1. The van der Waals surface area contributed by atoms with E-state index >= 15 is 0 Å². The summed E-state index contributed by atoms with van der Waals surface area (Å²) in [6.07, 6.45) is 0.463. The van der Waals surface area contributed by atoms with Crippen LogP contribution in [-0.4, -0.2) is 36.0 Å². The molecule has 0 aliphatic carbocycles. The summed E-state index contributed by atoms with van der Waals surface area (Å²) in [4.78, 5) is 23.6. The summed E-state index contributed by atoms with van der Waals surface area (Å²) in [5.74, 6) is -1.10. The zero-order chi connectivity index (χ0) is 18.8. The number of aliphatic hydroxyl groups excluding tert-OH is 1. The van der Waals surface area contributed by atoms with Crippen LogP contribution in [0, 0.1) is 5.82 Å². The molecule has 0 fully saturated rings. The second-order valence-electron chi connectivity index (χ2n) is 5.23. The molecule has 0 aliphatic rings. The largest absolute Gasteiger partial charge is 0.445 e. The Kier molecular flexibility index (Phi) is 7.26. The number of rotatable bonds is 7. The molecule has 0 saturated heterocycles. The summed E-state index contributed by atoms with van der Waals surface area (Å²) >= 11 is 0. The Bertz CT molecular complexity index is 751. The lowest BCUT2D eigenvalue weighted by Gasteiger charge is -2.14. The molecule has 1 atom stereocenters. The Hall–Kier alpha value is -3.26. The van der Waals surface area contributed by atoms with Gasteiger partial charge in [-0.05, 0) is 23.3 Å². The molecule has 26 heavy (non-hydrogen) atoms. The van der Waals surface area contributed by atoms with Gasteiger partial charge in [0.05, 0.1) is 12.8 Å². The molecule has 0 bridgehead atoms. The molecule has 2 aromatic carbocycles. The number of halogens is 1. The maximum absolute atomic E-state index is 12.8. The molecule has 0 saturated carbocycles. The molecule has 0 unspecified atom stereocenters. The van der Waals surface area contributed by atoms with Gasteiger partial charge in [-0.15, -0.1) is 0 Å². The number of alkyl carbamates (subject to hydrolysis) is 1. The van der Waals surface area contributed by atoms with Gasteiger partial charge in [0.1, 0.15) is 18.5 Å². The lowest BCUT2D eigenvalue weighted by Crippen LogP contribution is -2.47. The van der Waals surface area contributed by atoms with Gasteiger partial charge in [0, 0.05) is 0 Å². The average molecular weight is 359 g/mol. The van der Waals surface area contributed by atoms with E-state index in [2.05, 4.69) is 15.8 Å². The fourth-order valence-corrected chi connectivity index (χ4v) is 1.90. The molecule has 0 aromatic heterocycles. The number of ether oxygens (including phenoxy) is 1. The van der Waals surface area contributed by atoms with E-state index in [0.29, 0.717) is 5.56 Å². The molecule has 0 heterocycles. The highest BCUT2D eigenvalue weighted by molar-refractivity contribution is 5.87. The van der Waals surface area contributed by atoms with Gasteiger partial charge in [-0.1, -0.05) is 42.5 Å². The van der Waals surface area contributed by atoms with Crippen molar-refractivity contribution in [3.8, 4) is 0 Å². The Morgan fingerprint density at radius 2 is 1.85 bits per heavy atom. The predicted octanol–water partition coefficient (Wildman–Crippen LogP) is 1.56. The summed E-state index contributed by atoms with van der Waals surface area (Å²) in [6, 6.07) is 13.3. The Morgan fingerprint density at radius 1 is 1.15 bits per heavy atom. The van der Waals surface area contributed by atoms with Crippen molar-refractivity contribution < 1.29 is 23.8 Å². The normalized spacial score (nSPS) is 11.8. The van der Waals surface area contributed by atoms with Crippen molar-refractivity contribution in [3.05, 3.63) is 71.5 Å². The van der Waals surface area contributed by atoms with Gasteiger partial charge < -0.3 is 15.2 Å². The minimum atomic E-state index is -1.22. The molecule has 8 heteroatoms. The average Bonchev–Trinajstić information content (AvgIpc) is 2.66. The van der Waals surface area contributed by atoms with Crippen LogP contribution in [0.25, 0.3) is 0 Å². The van der Waals surface area contributed by atoms with Crippen molar-refractivity contribution in [2.75, 3.05) is 6.61 Å². The first-order valence-electron chi connectivity index (χ1n) is 7.75. The van der Waals surface area contributed by atoms with E-state index in [4.69, 9.17) is 4.74 Å². The summed E-state index contributed by atoms with van der Waals surface area (Å²) in [7, 11) is 0. The third-order valence-corrected chi connectivity index (χ3v) is 3.26. The number of carbonyl (C=O) groups excluding carboxylic acids is 2. The summed E-state index contributed by atoms with van der Waals surface area (Å²) in [6.45, 7) is -0.590. The molecule has 7 nitrogen and oxygen atoms in total. The number of hydrogen-bond acceptors (Lipinski definition) is 5. The van der Waals surface area contributed by atoms with Crippen molar-refractivity contribution in [1.82, 2.24) is 10.7 Å². The molecule has 0 radical (unpaired) electrons. The van der Waals surface area contributed by atoms with Crippen molar-refractivity contribution in [3.63, 3.8) is 0 Å². The third kappa shape index (κ3) is 6.33. The molecule has 2 amide bonds. The second kappa shape index (κ2) is 9.90. The lowest BCUT2D eigenvalue weighted by atomic mass is 10.2.